The molecule has 0 aliphatic rings. The Morgan fingerprint density at radius 2 is 1.81 bits per heavy atom. The molecule has 3 N–H and O–H groups in total. The lowest BCUT2D eigenvalue weighted by atomic mass is 10.1. The zero-order chi connectivity index (χ0) is 15.4. The Morgan fingerprint density at radius 1 is 1.19 bits per heavy atom. The zero-order valence-electron chi connectivity index (χ0n) is 11.4. The largest absolute Gasteiger partial charge is 0.481 e. The van der Waals surface area contributed by atoms with Crippen LogP contribution >= 0.6 is 11.6 Å². The van der Waals surface area contributed by atoms with E-state index >= 15 is 0 Å². The van der Waals surface area contributed by atoms with Gasteiger partial charge in [0.25, 0.3) is 5.91 Å². The van der Waals surface area contributed by atoms with E-state index in [4.69, 9.17) is 26.8 Å². The SMILES string of the molecule is COc1cc(OC)nc(NC(=O)c2cc(Cl)ccc2N)n1. The second-order valence-electron chi connectivity index (χ2n) is 3.96. The number of amides is 1. The normalized spacial score (nSPS) is 10.0. The number of ether oxygens (including phenoxy) is 2. The van der Waals surface area contributed by atoms with Crippen LogP contribution in [-0.2, 0) is 0 Å². The van der Waals surface area contributed by atoms with Gasteiger partial charge in [0.1, 0.15) is 0 Å². The summed E-state index contributed by atoms with van der Waals surface area (Å²) in [6.07, 6.45) is 0. The van der Waals surface area contributed by atoms with Gasteiger partial charge in [-0.05, 0) is 18.2 Å². The van der Waals surface area contributed by atoms with E-state index in [9.17, 15) is 4.79 Å². The molecule has 1 amide bonds. The predicted octanol–water partition coefficient (Wildman–Crippen LogP) is 1.98. The fourth-order valence-corrected chi connectivity index (χ4v) is 1.74. The molecular formula is C13H13ClN4O3. The van der Waals surface area contributed by atoms with Gasteiger partial charge in [0.15, 0.2) is 0 Å². The maximum absolute atomic E-state index is 12.2. The van der Waals surface area contributed by atoms with E-state index in [0.717, 1.165) is 0 Å². The van der Waals surface area contributed by atoms with Crippen molar-refractivity contribution in [3.8, 4) is 11.8 Å². The highest BCUT2D eigenvalue weighted by atomic mass is 35.5. The van der Waals surface area contributed by atoms with Crippen LogP contribution in [0.4, 0.5) is 11.6 Å². The molecule has 7 nitrogen and oxygen atoms in total. The smallest absolute Gasteiger partial charge is 0.260 e. The van der Waals surface area contributed by atoms with E-state index in [1.54, 1.807) is 12.1 Å². The number of anilines is 2. The highest BCUT2D eigenvalue weighted by molar-refractivity contribution is 6.31. The topological polar surface area (TPSA) is 99.4 Å². The third-order valence-corrected chi connectivity index (χ3v) is 2.82. The van der Waals surface area contributed by atoms with Crippen LogP contribution in [0, 0.1) is 0 Å². The van der Waals surface area contributed by atoms with Gasteiger partial charge in [-0.15, -0.1) is 0 Å². The van der Waals surface area contributed by atoms with E-state index in [0.29, 0.717) is 10.7 Å². The predicted molar refractivity (Wildman–Crippen MR) is 79.0 cm³/mol. The molecule has 0 aliphatic heterocycles. The van der Waals surface area contributed by atoms with Gasteiger partial charge in [0, 0.05) is 10.7 Å². The lowest BCUT2D eigenvalue weighted by molar-refractivity contribution is 0.102. The van der Waals surface area contributed by atoms with E-state index < -0.39 is 5.91 Å². The molecule has 0 unspecified atom stereocenters. The first kappa shape index (κ1) is 14.9. The van der Waals surface area contributed by atoms with Crippen molar-refractivity contribution < 1.29 is 14.3 Å². The first-order chi connectivity index (χ1) is 10.0. The van der Waals surface area contributed by atoms with E-state index in [1.807, 2.05) is 0 Å². The summed E-state index contributed by atoms with van der Waals surface area (Å²) >= 11 is 5.85. The Morgan fingerprint density at radius 3 is 2.38 bits per heavy atom. The number of aromatic nitrogens is 2. The van der Waals surface area contributed by atoms with Crippen LogP contribution in [0.15, 0.2) is 24.3 Å². The quantitative estimate of drug-likeness (QED) is 0.838. The van der Waals surface area contributed by atoms with Gasteiger partial charge >= 0.3 is 0 Å². The highest BCUT2D eigenvalue weighted by Crippen LogP contribution is 2.21. The second-order valence-corrected chi connectivity index (χ2v) is 4.40. The van der Waals surface area contributed by atoms with Gasteiger partial charge in [-0.3, -0.25) is 10.1 Å². The minimum atomic E-state index is -0.481. The summed E-state index contributed by atoms with van der Waals surface area (Å²) in [6, 6.07) is 6.09. The highest BCUT2D eigenvalue weighted by Gasteiger charge is 2.13. The Labute approximate surface area is 126 Å². The van der Waals surface area contributed by atoms with Crippen molar-refractivity contribution in [2.24, 2.45) is 0 Å². The summed E-state index contributed by atoms with van der Waals surface area (Å²) in [5, 5.41) is 2.92. The number of methoxy groups -OCH3 is 2. The fourth-order valence-electron chi connectivity index (χ4n) is 1.56. The number of halogens is 1. The van der Waals surface area contributed by atoms with Crippen molar-refractivity contribution >= 4 is 29.1 Å². The lowest BCUT2D eigenvalue weighted by Gasteiger charge is -2.09. The summed E-state index contributed by atoms with van der Waals surface area (Å²) in [4.78, 5) is 20.2. The minimum Gasteiger partial charge on any atom is -0.481 e. The first-order valence-electron chi connectivity index (χ1n) is 5.87. The van der Waals surface area contributed by atoms with Crippen molar-refractivity contribution in [1.82, 2.24) is 9.97 Å². The summed E-state index contributed by atoms with van der Waals surface area (Å²) in [7, 11) is 2.89. The standard InChI is InChI=1S/C13H13ClN4O3/c1-20-10-6-11(21-2)17-13(16-10)18-12(19)8-5-7(14)3-4-9(8)15/h3-6H,15H2,1-2H3,(H,16,17,18,19). The monoisotopic (exact) mass is 308 g/mol. The summed E-state index contributed by atoms with van der Waals surface area (Å²) in [5.74, 6) is 0.0771. The number of hydrogen-bond acceptors (Lipinski definition) is 6. The van der Waals surface area contributed by atoms with Crippen LogP contribution in [0.1, 0.15) is 10.4 Å². The Bertz CT molecular complexity index is 656. The minimum absolute atomic E-state index is 0.0376. The van der Waals surface area contributed by atoms with Gasteiger partial charge in [0.05, 0.1) is 25.8 Å². The van der Waals surface area contributed by atoms with Crippen LogP contribution in [0.3, 0.4) is 0 Å². The molecule has 1 heterocycles. The van der Waals surface area contributed by atoms with Crippen molar-refractivity contribution in [2.45, 2.75) is 0 Å². The zero-order valence-corrected chi connectivity index (χ0v) is 12.1. The van der Waals surface area contributed by atoms with Crippen LogP contribution < -0.4 is 20.5 Å². The van der Waals surface area contributed by atoms with E-state index in [-0.39, 0.29) is 23.3 Å². The van der Waals surface area contributed by atoms with Gasteiger partial charge in [-0.2, -0.15) is 9.97 Å². The van der Waals surface area contributed by atoms with Gasteiger partial charge < -0.3 is 15.2 Å². The Hall–Kier alpha value is -2.54. The van der Waals surface area contributed by atoms with Gasteiger partial charge in [0.2, 0.25) is 17.7 Å². The molecule has 2 aromatic rings. The molecule has 0 saturated heterocycles. The van der Waals surface area contributed by atoms with Gasteiger partial charge in [-0.1, -0.05) is 11.6 Å². The summed E-state index contributed by atoms with van der Waals surface area (Å²) in [6.45, 7) is 0. The molecule has 21 heavy (non-hydrogen) atoms. The third kappa shape index (κ3) is 3.51. The molecule has 0 spiro atoms. The maximum atomic E-state index is 12.2. The van der Waals surface area contributed by atoms with Crippen LogP contribution in [0.2, 0.25) is 5.02 Å². The fraction of sp³-hybridized carbons (Fsp3) is 0.154. The number of rotatable bonds is 4. The van der Waals surface area contributed by atoms with Crippen molar-refractivity contribution in [3.63, 3.8) is 0 Å². The van der Waals surface area contributed by atoms with E-state index in [2.05, 4.69) is 15.3 Å². The second kappa shape index (κ2) is 6.27. The summed E-state index contributed by atoms with van der Waals surface area (Å²) in [5.41, 5.74) is 6.27. The Balaban J connectivity index is 2.28. The maximum Gasteiger partial charge on any atom is 0.260 e. The summed E-state index contributed by atoms with van der Waals surface area (Å²) < 4.78 is 10.00. The first-order valence-corrected chi connectivity index (χ1v) is 6.24. The molecule has 0 bridgehead atoms. The molecular weight excluding hydrogens is 296 g/mol. The molecule has 2 rings (SSSR count). The molecule has 8 heteroatoms. The number of carbonyl (C=O) groups is 1. The number of nitrogens with zero attached hydrogens (tertiary/aromatic N) is 2. The number of carbonyl (C=O) groups excluding carboxylic acids is 1. The Kier molecular flexibility index (Phi) is 4.44. The average Bonchev–Trinajstić information content (AvgIpc) is 2.49. The molecule has 0 saturated carbocycles. The van der Waals surface area contributed by atoms with E-state index in [1.165, 1.54) is 26.4 Å². The van der Waals surface area contributed by atoms with Crippen LogP contribution in [-0.4, -0.2) is 30.1 Å². The molecule has 0 fully saturated rings. The third-order valence-electron chi connectivity index (χ3n) is 2.58. The number of benzene rings is 1. The van der Waals surface area contributed by atoms with Crippen molar-refractivity contribution in [1.29, 1.82) is 0 Å². The number of hydrogen-bond donors (Lipinski definition) is 2. The molecule has 1 aromatic heterocycles. The van der Waals surface area contributed by atoms with Crippen LogP contribution in [0.25, 0.3) is 0 Å². The molecule has 110 valence electrons. The number of nitrogen functional groups attached to an aromatic ring is 1. The number of nitrogens with two attached hydrogens (primary N) is 1. The molecule has 0 atom stereocenters. The lowest BCUT2D eigenvalue weighted by Crippen LogP contribution is -2.16. The molecule has 1 aromatic carbocycles. The van der Waals surface area contributed by atoms with Gasteiger partial charge in [-0.25, -0.2) is 0 Å². The average molecular weight is 309 g/mol. The van der Waals surface area contributed by atoms with Crippen molar-refractivity contribution in [2.75, 3.05) is 25.3 Å². The van der Waals surface area contributed by atoms with Crippen molar-refractivity contribution in [3.05, 3.63) is 34.9 Å². The van der Waals surface area contributed by atoms with Crippen LogP contribution in [0.5, 0.6) is 11.8 Å². The molecule has 0 radical (unpaired) electrons. The molecule has 0 aliphatic carbocycles. The number of nitrogens with one attached hydrogen (secondary N) is 1.